The SMILES string of the molecule is CCc1[nH]c(=O)ccc1C(=O)NCCn1c(C)cc(C)nc1=O. The number of hydrogen-bond acceptors (Lipinski definition) is 4. The number of rotatable bonds is 5. The van der Waals surface area contributed by atoms with E-state index in [2.05, 4.69) is 15.3 Å². The summed E-state index contributed by atoms with van der Waals surface area (Å²) in [6, 6.07) is 4.66. The van der Waals surface area contributed by atoms with Crippen LogP contribution in [0.3, 0.4) is 0 Å². The Hall–Kier alpha value is -2.70. The van der Waals surface area contributed by atoms with Crippen molar-refractivity contribution in [2.24, 2.45) is 0 Å². The van der Waals surface area contributed by atoms with Gasteiger partial charge in [0.1, 0.15) is 0 Å². The normalized spacial score (nSPS) is 10.6. The summed E-state index contributed by atoms with van der Waals surface area (Å²) in [5, 5.41) is 2.76. The maximum Gasteiger partial charge on any atom is 0.348 e. The molecule has 0 radical (unpaired) electrons. The molecule has 2 heterocycles. The number of H-pyrrole nitrogens is 1. The second-order valence-electron chi connectivity index (χ2n) is 5.30. The molecule has 0 aromatic carbocycles. The topological polar surface area (TPSA) is 96.8 Å². The summed E-state index contributed by atoms with van der Waals surface area (Å²) >= 11 is 0. The molecule has 0 aliphatic heterocycles. The van der Waals surface area contributed by atoms with Gasteiger partial charge >= 0.3 is 5.69 Å². The van der Waals surface area contributed by atoms with Crippen LogP contribution in [0.4, 0.5) is 0 Å². The molecule has 0 atom stereocenters. The lowest BCUT2D eigenvalue weighted by Gasteiger charge is -2.11. The first-order valence-electron chi connectivity index (χ1n) is 7.48. The Morgan fingerprint density at radius 2 is 2.04 bits per heavy atom. The van der Waals surface area contributed by atoms with Crippen LogP contribution in [0.2, 0.25) is 0 Å². The molecule has 0 saturated heterocycles. The highest BCUT2D eigenvalue weighted by Crippen LogP contribution is 2.04. The van der Waals surface area contributed by atoms with Crippen molar-refractivity contribution in [1.82, 2.24) is 19.9 Å². The molecule has 0 aliphatic carbocycles. The van der Waals surface area contributed by atoms with Crippen molar-refractivity contribution >= 4 is 5.91 Å². The molecule has 2 rings (SSSR count). The Morgan fingerprint density at radius 1 is 1.30 bits per heavy atom. The van der Waals surface area contributed by atoms with Crippen molar-refractivity contribution in [2.75, 3.05) is 6.54 Å². The third-order valence-corrected chi connectivity index (χ3v) is 3.57. The van der Waals surface area contributed by atoms with E-state index in [0.717, 1.165) is 5.69 Å². The minimum absolute atomic E-state index is 0.230. The summed E-state index contributed by atoms with van der Waals surface area (Å²) in [5.41, 5.74) is 1.96. The number of nitrogens with zero attached hydrogens (tertiary/aromatic N) is 2. The number of aromatic nitrogens is 3. The maximum atomic E-state index is 12.2. The zero-order chi connectivity index (χ0) is 17.0. The van der Waals surface area contributed by atoms with Crippen LogP contribution in [-0.2, 0) is 13.0 Å². The van der Waals surface area contributed by atoms with Gasteiger partial charge in [-0.05, 0) is 32.4 Å². The van der Waals surface area contributed by atoms with Crippen molar-refractivity contribution in [2.45, 2.75) is 33.7 Å². The van der Waals surface area contributed by atoms with Gasteiger partial charge in [0.05, 0.1) is 5.56 Å². The van der Waals surface area contributed by atoms with E-state index < -0.39 is 0 Å². The second kappa shape index (κ2) is 7.04. The van der Waals surface area contributed by atoms with E-state index in [9.17, 15) is 14.4 Å². The van der Waals surface area contributed by atoms with Crippen LogP contribution in [0, 0.1) is 13.8 Å². The van der Waals surface area contributed by atoms with E-state index in [-0.39, 0.29) is 17.2 Å². The summed E-state index contributed by atoms with van der Waals surface area (Å²) in [5.74, 6) is -0.274. The first kappa shape index (κ1) is 16.7. The molecule has 0 aliphatic rings. The largest absolute Gasteiger partial charge is 0.350 e. The Labute approximate surface area is 133 Å². The van der Waals surface area contributed by atoms with Gasteiger partial charge in [-0.3, -0.25) is 14.2 Å². The highest BCUT2D eigenvalue weighted by molar-refractivity contribution is 5.95. The number of amides is 1. The third kappa shape index (κ3) is 3.94. The van der Waals surface area contributed by atoms with Gasteiger partial charge in [-0.15, -0.1) is 0 Å². The van der Waals surface area contributed by atoms with Crippen LogP contribution < -0.4 is 16.6 Å². The van der Waals surface area contributed by atoms with Crippen LogP contribution in [0.15, 0.2) is 27.8 Å². The van der Waals surface area contributed by atoms with E-state index >= 15 is 0 Å². The molecule has 7 nitrogen and oxygen atoms in total. The molecular weight excluding hydrogens is 296 g/mol. The number of pyridine rings is 1. The van der Waals surface area contributed by atoms with Crippen molar-refractivity contribution < 1.29 is 4.79 Å². The van der Waals surface area contributed by atoms with Crippen LogP contribution in [-0.4, -0.2) is 27.0 Å². The van der Waals surface area contributed by atoms with Gasteiger partial charge in [0, 0.05) is 36.2 Å². The zero-order valence-electron chi connectivity index (χ0n) is 13.5. The number of carbonyl (C=O) groups excluding carboxylic acids is 1. The average Bonchev–Trinajstić information content (AvgIpc) is 2.49. The summed E-state index contributed by atoms with van der Waals surface area (Å²) in [4.78, 5) is 41.9. The van der Waals surface area contributed by atoms with Gasteiger partial charge in [0.25, 0.3) is 5.91 Å². The van der Waals surface area contributed by atoms with Gasteiger partial charge in [-0.25, -0.2) is 4.79 Å². The molecule has 0 spiro atoms. The minimum atomic E-state index is -0.324. The van der Waals surface area contributed by atoms with E-state index in [1.165, 1.54) is 16.7 Å². The highest BCUT2D eigenvalue weighted by Gasteiger charge is 2.11. The van der Waals surface area contributed by atoms with Gasteiger partial charge in [-0.2, -0.15) is 4.98 Å². The van der Waals surface area contributed by atoms with E-state index in [1.807, 2.05) is 19.9 Å². The van der Waals surface area contributed by atoms with Crippen LogP contribution in [0.5, 0.6) is 0 Å². The molecule has 0 saturated carbocycles. The Morgan fingerprint density at radius 3 is 2.70 bits per heavy atom. The van der Waals surface area contributed by atoms with Crippen LogP contribution in [0.25, 0.3) is 0 Å². The summed E-state index contributed by atoms with van der Waals surface area (Å²) in [6.07, 6.45) is 0.555. The first-order valence-corrected chi connectivity index (χ1v) is 7.48. The molecule has 7 heteroatoms. The fraction of sp³-hybridized carbons (Fsp3) is 0.375. The van der Waals surface area contributed by atoms with Gasteiger partial charge in [-0.1, -0.05) is 6.92 Å². The predicted octanol–water partition coefficient (Wildman–Crippen LogP) is 0.541. The molecule has 2 N–H and O–H groups in total. The Kier molecular flexibility index (Phi) is 5.10. The number of aryl methyl sites for hydroxylation is 3. The van der Waals surface area contributed by atoms with Gasteiger partial charge < -0.3 is 10.3 Å². The Bertz CT molecular complexity index is 836. The quantitative estimate of drug-likeness (QED) is 0.841. The molecule has 0 unspecified atom stereocenters. The van der Waals surface area contributed by atoms with Crippen LogP contribution >= 0.6 is 0 Å². The second-order valence-corrected chi connectivity index (χ2v) is 5.30. The molecule has 1 amide bonds. The number of hydrogen-bond donors (Lipinski definition) is 2. The Balaban J connectivity index is 2.06. The number of carbonyl (C=O) groups is 1. The molecule has 0 fully saturated rings. The third-order valence-electron chi connectivity index (χ3n) is 3.57. The van der Waals surface area contributed by atoms with Gasteiger partial charge in [0.15, 0.2) is 0 Å². The number of aromatic amines is 1. The standard InChI is InChI=1S/C16H20N4O3/c1-4-13-12(5-6-14(21)19-13)15(22)17-7-8-20-11(3)9-10(2)18-16(20)23/h5-6,9H,4,7-8H2,1-3H3,(H,17,22)(H,19,21). The van der Waals surface area contributed by atoms with Crippen molar-refractivity contribution in [3.63, 3.8) is 0 Å². The van der Waals surface area contributed by atoms with E-state index in [4.69, 9.17) is 0 Å². The van der Waals surface area contributed by atoms with Crippen molar-refractivity contribution in [1.29, 1.82) is 0 Å². The molecular formula is C16H20N4O3. The maximum absolute atomic E-state index is 12.2. The molecule has 23 heavy (non-hydrogen) atoms. The minimum Gasteiger partial charge on any atom is -0.350 e. The lowest BCUT2D eigenvalue weighted by atomic mass is 10.1. The zero-order valence-corrected chi connectivity index (χ0v) is 13.5. The molecule has 2 aromatic heterocycles. The summed E-state index contributed by atoms with van der Waals surface area (Å²) < 4.78 is 1.51. The van der Waals surface area contributed by atoms with Crippen molar-refractivity contribution in [3.05, 3.63) is 61.7 Å². The van der Waals surface area contributed by atoms with E-state index in [0.29, 0.717) is 36.5 Å². The smallest absolute Gasteiger partial charge is 0.348 e. The summed E-state index contributed by atoms with van der Waals surface area (Å²) in [6.45, 7) is 6.10. The van der Waals surface area contributed by atoms with Crippen LogP contribution in [0.1, 0.15) is 34.4 Å². The first-order chi connectivity index (χ1) is 10.9. The predicted molar refractivity (Wildman–Crippen MR) is 86.7 cm³/mol. The number of nitrogens with one attached hydrogen (secondary N) is 2. The fourth-order valence-corrected chi connectivity index (χ4v) is 2.43. The summed E-state index contributed by atoms with van der Waals surface area (Å²) in [7, 11) is 0. The molecule has 2 aromatic rings. The monoisotopic (exact) mass is 316 g/mol. The lowest BCUT2D eigenvalue weighted by molar-refractivity contribution is 0.0950. The van der Waals surface area contributed by atoms with E-state index in [1.54, 1.807) is 6.92 Å². The molecule has 0 bridgehead atoms. The lowest BCUT2D eigenvalue weighted by Crippen LogP contribution is -2.33. The fourth-order valence-electron chi connectivity index (χ4n) is 2.43. The molecule has 122 valence electrons. The highest BCUT2D eigenvalue weighted by atomic mass is 16.2. The van der Waals surface area contributed by atoms with Crippen molar-refractivity contribution in [3.8, 4) is 0 Å². The van der Waals surface area contributed by atoms with Gasteiger partial charge in [0.2, 0.25) is 5.56 Å². The average molecular weight is 316 g/mol.